The highest BCUT2D eigenvalue weighted by atomic mass is 16.5. The molecule has 0 saturated carbocycles. The van der Waals surface area contributed by atoms with Gasteiger partial charge in [0.15, 0.2) is 0 Å². The predicted molar refractivity (Wildman–Crippen MR) is 192 cm³/mol. The fraction of sp³-hybridized carbons (Fsp3) is 0.405. The number of aliphatic imine (C=N–C) groups is 1. The van der Waals surface area contributed by atoms with E-state index in [0.29, 0.717) is 45.7 Å². The molecule has 4 aromatic carbocycles. The lowest BCUT2D eigenvalue weighted by Crippen LogP contribution is -2.11. The molecular formula is C42H49NO4. The van der Waals surface area contributed by atoms with Gasteiger partial charge in [-0.3, -0.25) is 4.99 Å². The first kappa shape index (κ1) is 32.7. The molecule has 2 aliphatic rings. The van der Waals surface area contributed by atoms with Gasteiger partial charge in [0.2, 0.25) is 0 Å². The molecule has 0 spiro atoms. The average Bonchev–Trinajstić information content (AvgIpc) is 3.22. The van der Waals surface area contributed by atoms with Crippen LogP contribution in [0.2, 0.25) is 0 Å². The third-order valence-electron chi connectivity index (χ3n) is 8.99. The van der Waals surface area contributed by atoms with Crippen molar-refractivity contribution in [2.45, 2.75) is 86.0 Å². The minimum atomic E-state index is 0.645. The van der Waals surface area contributed by atoms with Gasteiger partial charge in [-0.15, -0.1) is 0 Å². The zero-order chi connectivity index (χ0) is 32.8. The number of para-hydroxylation sites is 2. The molecule has 0 atom stereocenters. The zero-order valence-corrected chi connectivity index (χ0v) is 28.8. The number of rotatable bonds is 12. The molecule has 0 saturated heterocycles. The van der Waals surface area contributed by atoms with E-state index >= 15 is 0 Å². The number of hydrogen-bond acceptors (Lipinski definition) is 5. The first-order chi connectivity index (χ1) is 23.1. The van der Waals surface area contributed by atoms with Crippen LogP contribution in [0.1, 0.15) is 110 Å². The van der Waals surface area contributed by atoms with Crippen LogP contribution in [-0.4, -0.2) is 32.1 Å². The number of ether oxygens (including phenoxy) is 4. The highest BCUT2D eigenvalue weighted by Gasteiger charge is 2.27. The highest BCUT2D eigenvalue weighted by molar-refractivity contribution is 6.03. The van der Waals surface area contributed by atoms with Gasteiger partial charge in [0.1, 0.15) is 23.0 Å². The molecule has 47 heavy (non-hydrogen) atoms. The van der Waals surface area contributed by atoms with Crippen molar-refractivity contribution in [1.82, 2.24) is 0 Å². The first-order valence-corrected chi connectivity index (χ1v) is 17.6. The van der Waals surface area contributed by atoms with Crippen molar-refractivity contribution < 1.29 is 18.9 Å². The molecule has 5 heteroatoms. The molecule has 8 bridgehead atoms. The fourth-order valence-corrected chi connectivity index (χ4v) is 6.82. The molecular weight excluding hydrogens is 582 g/mol. The molecule has 246 valence electrons. The standard InChI is InChI=1S/C42H49NO4/c1-6-20-44-39-29-12-10-14-31(39)25-33-16-18-35-28(5)43-38-19-17-34(26-32-15-11-13-30(24-29)40(32)45-21-7-2)42(47-23-9-4)37(38)27-36(35)41(33)46-22-8-3/h10-19H,6-9,20-27H2,1-5H3. The van der Waals surface area contributed by atoms with Crippen LogP contribution in [0, 0.1) is 0 Å². The van der Waals surface area contributed by atoms with Crippen molar-refractivity contribution in [1.29, 1.82) is 0 Å². The normalized spacial score (nSPS) is 13.3. The third-order valence-corrected chi connectivity index (χ3v) is 8.99. The van der Waals surface area contributed by atoms with Crippen molar-refractivity contribution in [2.24, 2.45) is 4.99 Å². The lowest BCUT2D eigenvalue weighted by molar-refractivity contribution is 0.305. The Morgan fingerprint density at radius 3 is 1.34 bits per heavy atom. The van der Waals surface area contributed by atoms with Gasteiger partial charge < -0.3 is 18.9 Å². The van der Waals surface area contributed by atoms with Crippen molar-refractivity contribution in [3.05, 3.63) is 111 Å². The van der Waals surface area contributed by atoms with Gasteiger partial charge in [0.05, 0.1) is 32.1 Å². The van der Waals surface area contributed by atoms with E-state index in [4.69, 9.17) is 23.9 Å². The summed E-state index contributed by atoms with van der Waals surface area (Å²) < 4.78 is 26.5. The van der Waals surface area contributed by atoms with E-state index in [-0.39, 0.29) is 0 Å². The number of benzene rings is 4. The molecule has 0 N–H and O–H groups in total. The number of fused-ring (bicyclic) bond motifs is 6. The van der Waals surface area contributed by atoms with E-state index in [1.54, 1.807) is 0 Å². The SMILES string of the molecule is CCCOc1c2cccc1Cc1ccc3c(c1OCCC)Cc1c(ccc(c1OCCC)Cc1cccc(c1OCCC)C2)C(C)=N3. The van der Waals surface area contributed by atoms with Gasteiger partial charge in [-0.25, -0.2) is 0 Å². The Labute approximate surface area is 281 Å². The lowest BCUT2D eigenvalue weighted by atomic mass is 9.89. The van der Waals surface area contributed by atoms with Crippen LogP contribution in [0.3, 0.4) is 0 Å². The molecule has 0 radical (unpaired) electrons. The summed E-state index contributed by atoms with van der Waals surface area (Å²) in [6, 6.07) is 22.0. The van der Waals surface area contributed by atoms with Gasteiger partial charge >= 0.3 is 0 Å². The van der Waals surface area contributed by atoms with E-state index in [1.807, 2.05) is 0 Å². The summed E-state index contributed by atoms with van der Waals surface area (Å²) in [4.78, 5) is 5.20. The van der Waals surface area contributed by atoms with E-state index in [9.17, 15) is 0 Å². The summed E-state index contributed by atoms with van der Waals surface area (Å²) in [6.07, 6.45) is 6.56. The minimum absolute atomic E-state index is 0.645. The minimum Gasteiger partial charge on any atom is -0.493 e. The molecule has 0 fully saturated rings. The highest BCUT2D eigenvalue weighted by Crippen LogP contribution is 2.44. The Balaban J connectivity index is 1.64. The Kier molecular flexibility index (Phi) is 10.5. The van der Waals surface area contributed by atoms with Gasteiger partial charge in [0.25, 0.3) is 0 Å². The van der Waals surface area contributed by atoms with E-state index in [0.717, 1.165) is 83.2 Å². The second-order valence-corrected chi connectivity index (χ2v) is 12.7. The summed E-state index contributed by atoms with van der Waals surface area (Å²) in [5, 5.41) is 0. The van der Waals surface area contributed by atoms with Crippen LogP contribution >= 0.6 is 0 Å². The van der Waals surface area contributed by atoms with Gasteiger partial charge in [0, 0.05) is 48.1 Å². The first-order valence-electron chi connectivity index (χ1n) is 17.6. The van der Waals surface area contributed by atoms with E-state index < -0.39 is 0 Å². The largest absolute Gasteiger partial charge is 0.493 e. The van der Waals surface area contributed by atoms with Crippen molar-refractivity contribution in [3.8, 4) is 23.0 Å². The van der Waals surface area contributed by atoms with Crippen molar-refractivity contribution in [2.75, 3.05) is 26.4 Å². The van der Waals surface area contributed by atoms with Gasteiger partial charge in [-0.1, -0.05) is 82.3 Å². The summed E-state index contributed by atoms with van der Waals surface area (Å²) in [5.41, 5.74) is 12.4. The summed E-state index contributed by atoms with van der Waals surface area (Å²) in [5.74, 6) is 3.87. The average molecular weight is 632 g/mol. The van der Waals surface area contributed by atoms with Gasteiger partial charge in [-0.05, 0) is 72.1 Å². The second-order valence-electron chi connectivity index (χ2n) is 12.7. The fourth-order valence-electron chi connectivity index (χ4n) is 6.82. The molecule has 4 aromatic rings. The van der Waals surface area contributed by atoms with E-state index in [1.165, 1.54) is 33.4 Å². The second kappa shape index (κ2) is 15.1. The van der Waals surface area contributed by atoms with Crippen LogP contribution in [0.4, 0.5) is 5.69 Å². The molecule has 0 unspecified atom stereocenters. The molecule has 5 nitrogen and oxygen atoms in total. The smallest absolute Gasteiger partial charge is 0.128 e. The van der Waals surface area contributed by atoms with Crippen molar-refractivity contribution >= 4 is 11.4 Å². The monoisotopic (exact) mass is 631 g/mol. The van der Waals surface area contributed by atoms with Crippen LogP contribution in [0.5, 0.6) is 23.0 Å². The number of nitrogens with zero attached hydrogens (tertiary/aromatic N) is 1. The molecule has 1 aliphatic carbocycles. The molecule has 0 aromatic heterocycles. The third kappa shape index (κ3) is 6.90. The Morgan fingerprint density at radius 2 is 0.872 bits per heavy atom. The van der Waals surface area contributed by atoms with E-state index in [2.05, 4.69) is 95.3 Å². The predicted octanol–water partition coefficient (Wildman–Crippen LogP) is 9.97. The molecule has 1 heterocycles. The van der Waals surface area contributed by atoms with Gasteiger partial charge in [-0.2, -0.15) is 0 Å². The summed E-state index contributed by atoms with van der Waals surface area (Å²) in [7, 11) is 0. The Bertz CT molecular complexity index is 1750. The quantitative estimate of drug-likeness (QED) is 0.138. The van der Waals surface area contributed by atoms with Crippen LogP contribution in [-0.2, 0) is 25.7 Å². The maximum Gasteiger partial charge on any atom is 0.128 e. The maximum absolute atomic E-state index is 6.70. The number of hydrogen-bond donors (Lipinski definition) is 0. The summed E-state index contributed by atoms with van der Waals surface area (Å²) >= 11 is 0. The Hall–Kier alpha value is -4.25. The molecule has 6 rings (SSSR count). The molecule has 0 amide bonds. The maximum atomic E-state index is 6.70. The van der Waals surface area contributed by atoms with Crippen LogP contribution < -0.4 is 18.9 Å². The zero-order valence-electron chi connectivity index (χ0n) is 28.8. The summed E-state index contributed by atoms with van der Waals surface area (Å²) in [6.45, 7) is 13.4. The van der Waals surface area contributed by atoms with Crippen molar-refractivity contribution in [3.63, 3.8) is 0 Å². The van der Waals surface area contributed by atoms with Crippen LogP contribution in [0.25, 0.3) is 0 Å². The Morgan fingerprint density at radius 1 is 0.468 bits per heavy atom. The van der Waals surface area contributed by atoms with Crippen LogP contribution in [0.15, 0.2) is 65.7 Å². The molecule has 1 aliphatic heterocycles. The topological polar surface area (TPSA) is 49.3 Å². The lowest BCUT2D eigenvalue weighted by Gasteiger charge is -2.23.